The van der Waals surface area contributed by atoms with Crippen molar-refractivity contribution in [1.29, 1.82) is 0 Å². The van der Waals surface area contributed by atoms with E-state index in [4.69, 9.17) is 16.0 Å². The van der Waals surface area contributed by atoms with Gasteiger partial charge in [0.2, 0.25) is 0 Å². The molecule has 1 N–H and O–H groups in total. The lowest BCUT2D eigenvalue weighted by Gasteiger charge is -2.31. The molecule has 1 aliphatic rings. The molecule has 0 aliphatic heterocycles. The molecule has 1 atom stereocenters. The normalized spacial score (nSPS) is 16.2. The number of carboxylic acid groups (broad SMARTS) is 1. The smallest absolute Gasteiger partial charge is 0.323 e. The van der Waals surface area contributed by atoms with Crippen LogP contribution in [0.3, 0.4) is 0 Å². The second-order valence-corrected chi connectivity index (χ2v) is 8.12. The van der Waals surface area contributed by atoms with Gasteiger partial charge >= 0.3 is 5.97 Å². The molecule has 30 heavy (non-hydrogen) atoms. The van der Waals surface area contributed by atoms with Crippen LogP contribution in [0.15, 0.2) is 40.8 Å². The summed E-state index contributed by atoms with van der Waals surface area (Å²) in [4.78, 5) is 18.0. The van der Waals surface area contributed by atoms with Crippen LogP contribution in [0.5, 0.6) is 0 Å². The first kappa shape index (κ1) is 18.9. The Morgan fingerprint density at radius 3 is 3.00 bits per heavy atom. The molecule has 6 nitrogen and oxygen atoms in total. The zero-order valence-electron chi connectivity index (χ0n) is 16.2. The molecule has 4 aromatic rings. The number of hydrogen-bond donors (Lipinski definition) is 1. The van der Waals surface area contributed by atoms with Crippen molar-refractivity contribution in [3.8, 4) is 0 Å². The predicted molar refractivity (Wildman–Crippen MR) is 113 cm³/mol. The number of rotatable bonds is 4. The highest BCUT2D eigenvalue weighted by atomic mass is 35.5. The van der Waals surface area contributed by atoms with Crippen LogP contribution in [0.4, 0.5) is 10.4 Å². The summed E-state index contributed by atoms with van der Waals surface area (Å²) < 4.78 is 21.7. The van der Waals surface area contributed by atoms with Crippen molar-refractivity contribution in [3.05, 3.63) is 58.5 Å². The maximum Gasteiger partial charge on any atom is 0.323 e. The molecule has 0 bridgehead atoms. The number of aliphatic carboxylic acids is 1. The molecule has 2 aromatic heterocycles. The van der Waals surface area contributed by atoms with Crippen LogP contribution in [0.2, 0.25) is 5.02 Å². The zero-order valence-corrected chi connectivity index (χ0v) is 17.0. The lowest BCUT2D eigenvalue weighted by atomic mass is 9.90. The van der Waals surface area contributed by atoms with Gasteiger partial charge in [0.25, 0.3) is 6.01 Å². The molecule has 1 unspecified atom stereocenters. The van der Waals surface area contributed by atoms with E-state index in [1.807, 2.05) is 11.9 Å². The number of oxazole rings is 1. The summed E-state index contributed by atoms with van der Waals surface area (Å²) in [6.07, 6.45) is 2.15. The molecule has 0 radical (unpaired) electrons. The Morgan fingerprint density at radius 1 is 1.37 bits per heavy atom. The van der Waals surface area contributed by atoms with Crippen LogP contribution in [-0.2, 0) is 24.2 Å². The number of anilines is 1. The minimum atomic E-state index is -0.914. The van der Waals surface area contributed by atoms with E-state index >= 15 is 0 Å². The van der Waals surface area contributed by atoms with Crippen LogP contribution >= 0.6 is 11.6 Å². The molecule has 0 saturated heterocycles. The minimum absolute atomic E-state index is 0.0909. The zero-order chi connectivity index (χ0) is 21.0. The van der Waals surface area contributed by atoms with Gasteiger partial charge in [0.1, 0.15) is 17.9 Å². The molecule has 0 spiro atoms. The number of benzene rings is 2. The van der Waals surface area contributed by atoms with Crippen molar-refractivity contribution < 1.29 is 18.7 Å². The molecule has 8 heteroatoms. The number of fused-ring (bicyclic) bond motifs is 4. The van der Waals surface area contributed by atoms with Crippen molar-refractivity contribution >= 4 is 45.6 Å². The first-order valence-corrected chi connectivity index (χ1v) is 10.1. The fourth-order valence-electron chi connectivity index (χ4n) is 4.45. The Bertz CT molecular complexity index is 1300. The van der Waals surface area contributed by atoms with Crippen LogP contribution in [0.25, 0.3) is 22.0 Å². The highest BCUT2D eigenvalue weighted by Gasteiger charge is 2.30. The maximum atomic E-state index is 14.0. The number of likely N-dealkylation sites (N-methyl/N-ethyl adjacent to an activating group) is 1. The lowest BCUT2D eigenvalue weighted by Crippen LogP contribution is -2.37. The Kier molecular flexibility index (Phi) is 4.43. The molecule has 0 fully saturated rings. The van der Waals surface area contributed by atoms with E-state index in [0.29, 0.717) is 35.0 Å². The monoisotopic (exact) mass is 427 g/mol. The second kappa shape index (κ2) is 7.02. The van der Waals surface area contributed by atoms with Crippen LogP contribution in [0.1, 0.15) is 17.7 Å². The average molecular weight is 428 g/mol. The van der Waals surface area contributed by atoms with Crippen molar-refractivity contribution in [2.75, 3.05) is 11.9 Å². The molecule has 5 rings (SSSR count). The van der Waals surface area contributed by atoms with E-state index in [0.717, 1.165) is 28.6 Å². The summed E-state index contributed by atoms with van der Waals surface area (Å²) in [5.41, 5.74) is 4.07. The molecule has 1 aliphatic carbocycles. The van der Waals surface area contributed by atoms with Crippen LogP contribution in [-0.4, -0.2) is 33.7 Å². The molecule has 2 heterocycles. The SMILES string of the molecule is CN(c1nc2cc(Cl)ccc2o1)C1CCc2c(c3cc(F)ccc3n2CC(=O)O)C1. The van der Waals surface area contributed by atoms with Gasteiger partial charge in [-0.15, -0.1) is 0 Å². The summed E-state index contributed by atoms with van der Waals surface area (Å²) >= 11 is 6.05. The van der Waals surface area contributed by atoms with Gasteiger partial charge in [-0.1, -0.05) is 11.6 Å². The van der Waals surface area contributed by atoms with Gasteiger partial charge in [-0.05, 0) is 61.2 Å². The molecule has 0 saturated carbocycles. The molecular formula is C22H19ClFN3O3. The van der Waals surface area contributed by atoms with Gasteiger partial charge in [-0.25, -0.2) is 4.39 Å². The number of aromatic nitrogens is 2. The Balaban J connectivity index is 1.52. The van der Waals surface area contributed by atoms with Gasteiger partial charge < -0.3 is 19.0 Å². The van der Waals surface area contributed by atoms with Gasteiger partial charge in [0.05, 0.1) is 0 Å². The average Bonchev–Trinajstić information content (AvgIpc) is 3.26. The molecule has 0 amide bonds. The Labute approximate surface area is 176 Å². The van der Waals surface area contributed by atoms with E-state index in [-0.39, 0.29) is 18.4 Å². The maximum absolute atomic E-state index is 14.0. The number of nitrogens with zero attached hydrogens (tertiary/aromatic N) is 3. The van der Waals surface area contributed by atoms with Crippen molar-refractivity contribution in [2.45, 2.75) is 31.8 Å². The summed E-state index contributed by atoms with van der Waals surface area (Å²) in [5, 5.41) is 10.7. The Morgan fingerprint density at radius 2 is 2.20 bits per heavy atom. The second-order valence-electron chi connectivity index (χ2n) is 7.68. The van der Waals surface area contributed by atoms with Crippen molar-refractivity contribution in [3.63, 3.8) is 0 Å². The van der Waals surface area contributed by atoms with Gasteiger partial charge in [0.15, 0.2) is 5.58 Å². The lowest BCUT2D eigenvalue weighted by molar-refractivity contribution is -0.137. The fraction of sp³-hybridized carbons (Fsp3) is 0.273. The third-order valence-electron chi connectivity index (χ3n) is 5.88. The number of carboxylic acids is 1. The summed E-state index contributed by atoms with van der Waals surface area (Å²) in [7, 11) is 1.93. The fourth-order valence-corrected chi connectivity index (χ4v) is 4.61. The third-order valence-corrected chi connectivity index (χ3v) is 6.12. The highest BCUT2D eigenvalue weighted by Crippen LogP contribution is 2.35. The third kappa shape index (κ3) is 3.10. The van der Waals surface area contributed by atoms with Crippen LogP contribution in [0, 0.1) is 5.82 Å². The van der Waals surface area contributed by atoms with Crippen molar-refractivity contribution in [2.24, 2.45) is 0 Å². The molecular weight excluding hydrogens is 409 g/mol. The van der Waals surface area contributed by atoms with E-state index in [1.165, 1.54) is 12.1 Å². The van der Waals surface area contributed by atoms with Crippen molar-refractivity contribution in [1.82, 2.24) is 9.55 Å². The highest BCUT2D eigenvalue weighted by molar-refractivity contribution is 6.31. The number of halogens is 2. The predicted octanol–water partition coefficient (Wildman–Crippen LogP) is 4.65. The minimum Gasteiger partial charge on any atom is -0.480 e. The van der Waals surface area contributed by atoms with Gasteiger partial charge in [-0.3, -0.25) is 4.79 Å². The van der Waals surface area contributed by atoms with E-state index in [9.17, 15) is 14.3 Å². The number of carbonyl (C=O) groups is 1. The van der Waals surface area contributed by atoms with E-state index in [2.05, 4.69) is 4.98 Å². The summed E-state index contributed by atoms with van der Waals surface area (Å²) in [6, 6.07) is 10.4. The first-order valence-electron chi connectivity index (χ1n) is 9.71. The van der Waals surface area contributed by atoms with Gasteiger partial charge in [0, 0.05) is 34.7 Å². The summed E-state index contributed by atoms with van der Waals surface area (Å²) in [6.45, 7) is -0.135. The summed E-state index contributed by atoms with van der Waals surface area (Å²) in [5.74, 6) is -1.24. The topological polar surface area (TPSA) is 71.5 Å². The largest absolute Gasteiger partial charge is 0.480 e. The number of hydrogen-bond acceptors (Lipinski definition) is 4. The van der Waals surface area contributed by atoms with E-state index < -0.39 is 5.97 Å². The first-order chi connectivity index (χ1) is 14.4. The van der Waals surface area contributed by atoms with E-state index in [1.54, 1.807) is 28.8 Å². The molecule has 2 aromatic carbocycles. The molecule has 154 valence electrons. The van der Waals surface area contributed by atoms with Gasteiger partial charge in [-0.2, -0.15) is 4.98 Å². The Hall–Kier alpha value is -3.06. The standard InChI is InChI=1S/C22H19ClFN3O3/c1-26(22-25-17-8-12(23)2-7-20(17)30-22)14-4-6-19-16(10-14)15-9-13(24)3-5-18(15)27(19)11-21(28)29/h2-3,5,7-9,14H,4,6,10-11H2,1H3,(H,28,29). The quantitative estimate of drug-likeness (QED) is 0.513. The van der Waals surface area contributed by atoms with Crippen LogP contribution < -0.4 is 4.90 Å².